The first-order valence-corrected chi connectivity index (χ1v) is 8.07. The van der Waals surface area contributed by atoms with Crippen molar-refractivity contribution in [2.45, 2.75) is 25.2 Å². The van der Waals surface area contributed by atoms with Gasteiger partial charge in [-0.15, -0.1) is 11.3 Å². The van der Waals surface area contributed by atoms with Crippen molar-refractivity contribution < 1.29 is 8.42 Å². The van der Waals surface area contributed by atoms with Crippen molar-refractivity contribution in [2.75, 3.05) is 10.5 Å². The number of hydrogen-bond acceptors (Lipinski definition) is 5. The molecule has 0 saturated carbocycles. The van der Waals surface area contributed by atoms with Gasteiger partial charge >= 0.3 is 0 Å². The minimum atomic E-state index is -3.68. The highest BCUT2D eigenvalue weighted by Gasteiger charge is 2.19. The lowest BCUT2D eigenvalue weighted by Gasteiger charge is -2.07. The fraction of sp³-hybridized carbons (Fsp3) is 0.250. The molecule has 0 unspecified atom stereocenters. The predicted octanol–water partition coefficient (Wildman–Crippen LogP) is 2.40. The van der Waals surface area contributed by atoms with Crippen LogP contribution in [-0.2, 0) is 16.4 Å². The molecule has 0 fully saturated rings. The fourth-order valence-electron chi connectivity index (χ4n) is 1.69. The highest BCUT2D eigenvalue weighted by Crippen LogP contribution is 2.26. The van der Waals surface area contributed by atoms with E-state index in [1.165, 1.54) is 17.4 Å². The Morgan fingerprint density at radius 3 is 2.63 bits per heavy atom. The van der Waals surface area contributed by atoms with Gasteiger partial charge in [-0.1, -0.05) is 19.1 Å². The predicted molar refractivity (Wildman–Crippen MR) is 77.9 cm³/mol. The van der Waals surface area contributed by atoms with Crippen LogP contribution in [0.5, 0.6) is 0 Å². The zero-order valence-electron chi connectivity index (χ0n) is 10.7. The number of para-hydroxylation sites is 1. The van der Waals surface area contributed by atoms with Crippen LogP contribution in [0.15, 0.2) is 29.2 Å². The van der Waals surface area contributed by atoms with Crippen LogP contribution in [-0.4, -0.2) is 13.4 Å². The van der Waals surface area contributed by atoms with Gasteiger partial charge in [0.2, 0.25) is 0 Å². The van der Waals surface area contributed by atoms with E-state index >= 15 is 0 Å². The zero-order valence-corrected chi connectivity index (χ0v) is 12.3. The Labute approximate surface area is 116 Å². The first kappa shape index (κ1) is 13.8. The van der Waals surface area contributed by atoms with Crippen molar-refractivity contribution in [1.82, 2.24) is 4.98 Å². The van der Waals surface area contributed by atoms with Gasteiger partial charge in [0.1, 0.15) is 4.90 Å². The van der Waals surface area contributed by atoms with Crippen LogP contribution >= 0.6 is 11.3 Å². The number of aromatic nitrogens is 1. The molecule has 3 N–H and O–H groups in total. The lowest BCUT2D eigenvalue weighted by Crippen LogP contribution is -2.14. The molecule has 5 nitrogen and oxygen atoms in total. The molecule has 0 saturated heterocycles. The van der Waals surface area contributed by atoms with Crippen LogP contribution in [0.3, 0.4) is 0 Å². The number of nitrogens with zero attached hydrogens (tertiary/aromatic N) is 1. The Kier molecular flexibility index (Phi) is 3.77. The molecule has 0 atom stereocenters. The number of aryl methyl sites for hydroxylation is 2. The minimum absolute atomic E-state index is 0.0703. The first-order chi connectivity index (χ1) is 8.94. The number of sulfonamides is 1. The molecule has 0 spiro atoms. The molecule has 0 aliphatic heterocycles. The van der Waals surface area contributed by atoms with E-state index in [0.29, 0.717) is 5.13 Å². The number of nitrogens with two attached hydrogens (primary N) is 1. The molecule has 1 aromatic carbocycles. The SMILES string of the molecule is CCc1nc(NS(=O)(=O)c2ccccc2N)sc1C. The summed E-state index contributed by atoms with van der Waals surface area (Å²) < 4.78 is 26.9. The highest BCUT2D eigenvalue weighted by molar-refractivity contribution is 7.93. The lowest BCUT2D eigenvalue weighted by atomic mass is 10.3. The second-order valence-corrected chi connectivity index (χ2v) is 6.87. The molecular formula is C12H15N3O2S2. The Morgan fingerprint density at radius 1 is 1.37 bits per heavy atom. The maximum Gasteiger partial charge on any atom is 0.265 e. The maximum atomic E-state index is 12.2. The minimum Gasteiger partial charge on any atom is -0.398 e. The third-order valence-electron chi connectivity index (χ3n) is 2.66. The van der Waals surface area contributed by atoms with E-state index in [2.05, 4.69) is 9.71 Å². The van der Waals surface area contributed by atoms with Gasteiger partial charge in [-0.25, -0.2) is 13.4 Å². The number of hydrogen-bond donors (Lipinski definition) is 2. The number of benzene rings is 1. The van der Waals surface area contributed by atoms with Gasteiger partial charge in [-0.3, -0.25) is 4.72 Å². The molecular weight excluding hydrogens is 282 g/mol. The summed E-state index contributed by atoms with van der Waals surface area (Å²) in [5.41, 5.74) is 6.81. The molecule has 102 valence electrons. The van der Waals surface area contributed by atoms with E-state index in [-0.39, 0.29) is 10.6 Å². The topological polar surface area (TPSA) is 85.1 Å². The smallest absolute Gasteiger partial charge is 0.265 e. The van der Waals surface area contributed by atoms with Crippen LogP contribution in [0.25, 0.3) is 0 Å². The monoisotopic (exact) mass is 297 g/mol. The molecule has 2 rings (SSSR count). The van der Waals surface area contributed by atoms with Gasteiger partial charge < -0.3 is 5.73 Å². The highest BCUT2D eigenvalue weighted by atomic mass is 32.2. The Bertz CT molecular complexity index is 693. The van der Waals surface area contributed by atoms with Crippen molar-refractivity contribution in [1.29, 1.82) is 0 Å². The summed E-state index contributed by atoms with van der Waals surface area (Å²) in [7, 11) is -3.68. The molecule has 1 heterocycles. The standard InChI is InChI=1S/C12H15N3O2S2/c1-3-10-8(2)18-12(14-10)15-19(16,17)11-7-5-4-6-9(11)13/h4-7H,3,13H2,1-2H3,(H,14,15). The Hall–Kier alpha value is -1.60. The van der Waals surface area contributed by atoms with Crippen molar-refractivity contribution in [3.63, 3.8) is 0 Å². The number of anilines is 2. The molecule has 1 aromatic heterocycles. The summed E-state index contributed by atoms with van der Waals surface area (Å²) >= 11 is 1.32. The number of thiazole rings is 1. The summed E-state index contributed by atoms with van der Waals surface area (Å²) in [6.45, 7) is 3.90. The molecule has 0 aliphatic carbocycles. The number of nitrogen functional groups attached to an aromatic ring is 1. The number of rotatable bonds is 4. The lowest BCUT2D eigenvalue weighted by molar-refractivity contribution is 0.601. The van der Waals surface area contributed by atoms with Crippen LogP contribution in [0.1, 0.15) is 17.5 Å². The van der Waals surface area contributed by atoms with Crippen LogP contribution in [0, 0.1) is 6.92 Å². The molecule has 0 amide bonds. The van der Waals surface area contributed by atoms with Gasteiger partial charge in [0.15, 0.2) is 5.13 Å². The van der Waals surface area contributed by atoms with Crippen LogP contribution in [0.2, 0.25) is 0 Å². The van der Waals surface area contributed by atoms with Gasteiger partial charge in [-0.2, -0.15) is 0 Å². The quantitative estimate of drug-likeness (QED) is 0.849. The third-order valence-corrected chi connectivity index (χ3v) is 5.13. The third kappa shape index (κ3) is 2.87. The van der Waals surface area contributed by atoms with Gasteiger partial charge in [0.05, 0.1) is 11.4 Å². The van der Waals surface area contributed by atoms with E-state index in [4.69, 9.17) is 5.73 Å². The van der Waals surface area contributed by atoms with Gasteiger partial charge in [0, 0.05) is 4.88 Å². The van der Waals surface area contributed by atoms with Crippen LogP contribution in [0.4, 0.5) is 10.8 Å². The molecule has 0 radical (unpaired) electrons. The van der Waals surface area contributed by atoms with E-state index in [9.17, 15) is 8.42 Å². The van der Waals surface area contributed by atoms with Gasteiger partial charge in [0.25, 0.3) is 10.0 Å². The average molecular weight is 297 g/mol. The van der Waals surface area contributed by atoms with Crippen LogP contribution < -0.4 is 10.5 Å². The Balaban J connectivity index is 2.34. The summed E-state index contributed by atoms with van der Waals surface area (Å²) in [6, 6.07) is 6.35. The normalized spacial score (nSPS) is 11.5. The first-order valence-electron chi connectivity index (χ1n) is 5.77. The summed E-state index contributed by atoms with van der Waals surface area (Å²) in [5, 5.41) is 0.373. The molecule has 19 heavy (non-hydrogen) atoms. The molecule has 2 aromatic rings. The van der Waals surface area contributed by atoms with Crippen molar-refractivity contribution >= 4 is 32.2 Å². The zero-order chi connectivity index (χ0) is 14.0. The van der Waals surface area contributed by atoms with Crippen molar-refractivity contribution in [2.24, 2.45) is 0 Å². The summed E-state index contributed by atoms with van der Waals surface area (Å²) in [6.07, 6.45) is 0.775. The Morgan fingerprint density at radius 2 is 2.05 bits per heavy atom. The van der Waals surface area contributed by atoms with E-state index < -0.39 is 10.0 Å². The number of nitrogens with one attached hydrogen (secondary N) is 1. The molecule has 0 bridgehead atoms. The molecule has 0 aliphatic rings. The second-order valence-electron chi connectivity index (χ2n) is 4.02. The summed E-state index contributed by atoms with van der Waals surface area (Å²) in [5.74, 6) is 0. The van der Waals surface area contributed by atoms with Gasteiger partial charge in [-0.05, 0) is 25.5 Å². The van der Waals surface area contributed by atoms with Crippen molar-refractivity contribution in [3.8, 4) is 0 Å². The second kappa shape index (κ2) is 5.18. The van der Waals surface area contributed by atoms with E-state index in [1.807, 2.05) is 13.8 Å². The van der Waals surface area contributed by atoms with E-state index in [1.54, 1.807) is 18.2 Å². The average Bonchev–Trinajstić information content (AvgIpc) is 2.68. The largest absolute Gasteiger partial charge is 0.398 e. The summed E-state index contributed by atoms with van der Waals surface area (Å²) in [4.78, 5) is 5.34. The van der Waals surface area contributed by atoms with E-state index in [0.717, 1.165) is 17.0 Å². The molecule has 7 heteroatoms. The fourth-order valence-corrected chi connectivity index (χ4v) is 3.97. The maximum absolute atomic E-state index is 12.2. The van der Waals surface area contributed by atoms with Crippen molar-refractivity contribution in [3.05, 3.63) is 34.8 Å².